The Hall–Kier alpha value is -4.04. The quantitative estimate of drug-likeness (QED) is 0.339. The van der Waals surface area contributed by atoms with Crippen LogP contribution in [0.2, 0.25) is 0 Å². The highest BCUT2D eigenvalue weighted by molar-refractivity contribution is 7.21. The zero-order chi connectivity index (χ0) is 23.5. The fourth-order valence-electron chi connectivity index (χ4n) is 3.63. The van der Waals surface area contributed by atoms with Crippen molar-refractivity contribution in [2.45, 2.75) is 26.3 Å². The summed E-state index contributed by atoms with van der Waals surface area (Å²) in [6.45, 7) is 2.42. The molecular weight excluding hydrogens is 448 g/mol. The Morgan fingerprint density at radius 1 is 1.09 bits per heavy atom. The molecule has 0 aliphatic carbocycles. The summed E-state index contributed by atoms with van der Waals surface area (Å²) in [5, 5.41) is 8.19. The highest BCUT2D eigenvalue weighted by atomic mass is 32.1. The minimum absolute atomic E-state index is 0.113. The fourth-order valence-corrected chi connectivity index (χ4v) is 4.70. The number of aryl methyl sites for hydroxylation is 2. The average Bonchev–Trinajstić information content (AvgIpc) is 3.51. The van der Waals surface area contributed by atoms with Gasteiger partial charge in [0.15, 0.2) is 5.76 Å². The molecule has 3 heterocycles. The van der Waals surface area contributed by atoms with Gasteiger partial charge in [-0.2, -0.15) is 5.10 Å². The van der Waals surface area contributed by atoms with Gasteiger partial charge in [0.05, 0.1) is 16.5 Å². The molecule has 0 atom stereocenters. The standard InChI is InChI=1S/C26H22N4O3S/c1-17-6-11-21-23(16-17)34-26(28-21)18-7-9-19(10-8-18)27-24(31)5-2-14-30-25(32)13-12-20(29-30)22-4-3-15-33-22/h3-4,6-13,15-16H,2,5,14H2,1H3,(H,27,31). The molecule has 0 fully saturated rings. The highest BCUT2D eigenvalue weighted by Crippen LogP contribution is 2.31. The molecule has 5 rings (SSSR count). The zero-order valence-corrected chi connectivity index (χ0v) is 19.3. The van der Waals surface area contributed by atoms with Crippen molar-refractivity contribution in [2.24, 2.45) is 0 Å². The number of amides is 1. The predicted molar refractivity (Wildman–Crippen MR) is 134 cm³/mol. The van der Waals surface area contributed by atoms with Gasteiger partial charge in [0.2, 0.25) is 5.91 Å². The van der Waals surface area contributed by atoms with E-state index in [4.69, 9.17) is 9.40 Å². The number of hydrogen-bond donors (Lipinski definition) is 1. The van der Waals surface area contributed by atoms with E-state index in [0.717, 1.165) is 26.5 Å². The molecule has 0 saturated heterocycles. The molecule has 0 aliphatic rings. The van der Waals surface area contributed by atoms with Crippen molar-refractivity contribution in [1.82, 2.24) is 14.8 Å². The Balaban J connectivity index is 1.17. The summed E-state index contributed by atoms with van der Waals surface area (Å²) in [7, 11) is 0. The van der Waals surface area contributed by atoms with Crippen LogP contribution >= 0.6 is 11.3 Å². The molecule has 170 valence electrons. The maximum atomic E-state index is 12.4. The molecule has 0 radical (unpaired) electrons. The van der Waals surface area contributed by atoms with E-state index >= 15 is 0 Å². The first-order chi connectivity index (χ1) is 16.5. The van der Waals surface area contributed by atoms with Gasteiger partial charge in [-0.1, -0.05) is 6.07 Å². The lowest BCUT2D eigenvalue weighted by molar-refractivity contribution is -0.116. The van der Waals surface area contributed by atoms with Gasteiger partial charge in [-0.15, -0.1) is 11.3 Å². The molecule has 0 unspecified atom stereocenters. The number of nitrogens with zero attached hydrogens (tertiary/aromatic N) is 3. The lowest BCUT2D eigenvalue weighted by atomic mass is 10.2. The Labute approximate surface area is 199 Å². The van der Waals surface area contributed by atoms with Crippen molar-refractivity contribution < 1.29 is 9.21 Å². The van der Waals surface area contributed by atoms with Crippen LogP contribution in [0.4, 0.5) is 5.69 Å². The molecule has 2 aromatic carbocycles. The van der Waals surface area contributed by atoms with E-state index in [9.17, 15) is 9.59 Å². The van der Waals surface area contributed by atoms with E-state index in [2.05, 4.69) is 29.5 Å². The van der Waals surface area contributed by atoms with Gasteiger partial charge >= 0.3 is 0 Å². The number of thiazole rings is 1. The normalized spacial score (nSPS) is 11.1. The molecule has 0 spiro atoms. The third-order valence-corrected chi connectivity index (χ3v) is 6.44. The molecule has 1 N–H and O–H groups in total. The number of carbonyl (C=O) groups excluding carboxylic acids is 1. The summed E-state index contributed by atoms with van der Waals surface area (Å²) in [6.07, 6.45) is 2.32. The fraction of sp³-hybridized carbons (Fsp3) is 0.154. The highest BCUT2D eigenvalue weighted by Gasteiger charge is 2.09. The topological polar surface area (TPSA) is 90.0 Å². The van der Waals surface area contributed by atoms with E-state index in [1.165, 1.54) is 16.3 Å². The summed E-state index contributed by atoms with van der Waals surface area (Å²) < 4.78 is 7.86. The van der Waals surface area contributed by atoms with Gasteiger partial charge in [-0.25, -0.2) is 9.67 Å². The Bertz CT molecular complexity index is 1500. The third kappa shape index (κ3) is 4.82. The number of furan rings is 1. The summed E-state index contributed by atoms with van der Waals surface area (Å²) in [5.74, 6) is 0.481. The van der Waals surface area contributed by atoms with Crippen molar-refractivity contribution in [2.75, 3.05) is 5.32 Å². The van der Waals surface area contributed by atoms with Gasteiger partial charge in [0, 0.05) is 30.3 Å². The number of hydrogen-bond acceptors (Lipinski definition) is 6. The number of aromatic nitrogens is 3. The summed E-state index contributed by atoms with van der Waals surface area (Å²) in [4.78, 5) is 29.2. The van der Waals surface area contributed by atoms with Crippen molar-refractivity contribution in [3.05, 3.63) is 88.9 Å². The first-order valence-corrected chi connectivity index (χ1v) is 11.8. The second kappa shape index (κ2) is 9.44. The predicted octanol–water partition coefficient (Wildman–Crippen LogP) is 5.51. The average molecular weight is 471 g/mol. The number of fused-ring (bicyclic) bond motifs is 1. The summed E-state index contributed by atoms with van der Waals surface area (Å²) in [5.41, 5.74) is 4.31. The van der Waals surface area contributed by atoms with E-state index in [-0.39, 0.29) is 17.9 Å². The van der Waals surface area contributed by atoms with E-state index < -0.39 is 0 Å². The van der Waals surface area contributed by atoms with Crippen molar-refractivity contribution in [3.8, 4) is 22.0 Å². The van der Waals surface area contributed by atoms with Crippen LogP contribution in [0.15, 0.2) is 82.2 Å². The molecular formula is C26H22N4O3S. The van der Waals surface area contributed by atoms with Crippen LogP contribution in [0.1, 0.15) is 18.4 Å². The summed E-state index contributed by atoms with van der Waals surface area (Å²) >= 11 is 1.66. The van der Waals surface area contributed by atoms with E-state index in [1.807, 2.05) is 30.3 Å². The zero-order valence-electron chi connectivity index (χ0n) is 18.5. The summed E-state index contributed by atoms with van der Waals surface area (Å²) in [6, 6.07) is 20.6. The number of nitrogens with one attached hydrogen (secondary N) is 1. The van der Waals surface area contributed by atoms with E-state index in [0.29, 0.717) is 24.4 Å². The first-order valence-electron chi connectivity index (χ1n) is 10.9. The molecule has 5 aromatic rings. The monoisotopic (exact) mass is 470 g/mol. The Morgan fingerprint density at radius 2 is 1.94 bits per heavy atom. The second-order valence-electron chi connectivity index (χ2n) is 7.98. The number of anilines is 1. The van der Waals surface area contributed by atoms with Crippen LogP contribution in [0.25, 0.3) is 32.2 Å². The smallest absolute Gasteiger partial charge is 0.266 e. The Morgan fingerprint density at radius 3 is 2.74 bits per heavy atom. The van der Waals surface area contributed by atoms with Crippen LogP contribution in [0.5, 0.6) is 0 Å². The van der Waals surface area contributed by atoms with Crippen LogP contribution < -0.4 is 10.9 Å². The molecule has 0 saturated carbocycles. The minimum atomic E-state index is -0.212. The van der Waals surface area contributed by atoms with Crippen molar-refractivity contribution in [1.29, 1.82) is 0 Å². The molecule has 3 aromatic heterocycles. The van der Waals surface area contributed by atoms with Gasteiger partial charge in [-0.05, 0) is 73.5 Å². The SMILES string of the molecule is Cc1ccc2nc(-c3ccc(NC(=O)CCCn4nc(-c5ccco5)ccc4=O)cc3)sc2c1. The lowest BCUT2D eigenvalue weighted by Crippen LogP contribution is -2.23. The van der Waals surface area contributed by atoms with Crippen LogP contribution in [0.3, 0.4) is 0 Å². The largest absolute Gasteiger partial charge is 0.463 e. The number of carbonyl (C=O) groups is 1. The van der Waals surface area contributed by atoms with Gasteiger partial charge < -0.3 is 9.73 Å². The van der Waals surface area contributed by atoms with Gasteiger partial charge in [0.25, 0.3) is 5.56 Å². The number of rotatable bonds is 7. The van der Waals surface area contributed by atoms with E-state index in [1.54, 1.807) is 35.8 Å². The first kappa shape index (κ1) is 21.8. The molecule has 7 nitrogen and oxygen atoms in total. The van der Waals surface area contributed by atoms with Crippen LogP contribution in [-0.2, 0) is 11.3 Å². The van der Waals surface area contributed by atoms with Crippen LogP contribution in [0, 0.1) is 6.92 Å². The molecule has 8 heteroatoms. The molecule has 0 aliphatic heterocycles. The molecule has 34 heavy (non-hydrogen) atoms. The molecule has 0 bridgehead atoms. The molecule has 1 amide bonds. The second-order valence-corrected chi connectivity index (χ2v) is 9.01. The number of benzene rings is 2. The Kier molecular flexibility index (Phi) is 6.05. The van der Waals surface area contributed by atoms with Crippen LogP contribution in [-0.4, -0.2) is 20.7 Å². The third-order valence-electron chi connectivity index (χ3n) is 5.37. The maximum absolute atomic E-state index is 12.4. The van der Waals surface area contributed by atoms with Gasteiger partial charge in [-0.3, -0.25) is 9.59 Å². The van der Waals surface area contributed by atoms with Crippen molar-refractivity contribution >= 4 is 33.1 Å². The lowest BCUT2D eigenvalue weighted by Gasteiger charge is -2.07. The minimum Gasteiger partial charge on any atom is -0.463 e. The van der Waals surface area contributed by atoms with Gasteiger partial charge in [0.1, 0.15) is 10.7 Å². The maximum Gasteiger partial charge on any atom is 0.266 e. The van der Waals surface area contributed by atoms with Crippen molar-refractivity contribution in [3.63, 3.8) is 0 Å².